The predicted molar refractivity (Wildman–Crippen MR) is 68.8 cm³/mol. The van der Waals surface area contributed by atoms with Gasteiger partial charge in [0.1, 0.15) is 0 Å². The zero-order valence-electron chi connectivity index (χ0n) is 11.8. The van der Waals surface area contributed by atoms with Crippen molar-refractivity contribution >= 4 is 0 Å². The van der Waals surface area contributed by atoms with Gasteiger partial charge in [0.2, 0.25) is 0 Å². The van der Waals surface area contributed by atoms with Gasteiger partial charge in [0.05, 0.1) is 18.3 Å². The molecule has 0 radical (unpaired) electrons. The Balaban J connectivity index is 2.10. The smallest absolute Gasteiger partial charge is 0.0625 e. The topological polar surface area (TPSA) is 60.7 Å². The minimum Gasteiger partial charge on any atom is -0.393 e. The fourth-order valence-corrected chi connectivity index (χ4v) is 5.76. The normalized spacial score (nSPS) is 61.8. The second-order valence-corrected chi connectivity index (χ2v) is 7.81. The number of rotatable bonds is 0. The molecule has 4 fully saturated rings. The molecule has 3 nitrogen and oxygen atoms in total. The van der Waals surface area contributed by atoms with Crippen LogP contribution in [0.4, 0.5) is 0 Å². The molecular weight excluding hydrogens is 228 g/mol. The van der Waals surface area contributed by atoms with Crippen LogP contribution in [0.1, 0.15) is 40.5 Å². The van der Waals surface area contributed by atoms with Gasteiger partial charge in [-0.2, -0.15) is 0 Å². The van der Waals surface area contributed by atoms with Crippen molar-refractivity contribution in [3.05, 3.63) is 0 Å². The molecule has 4 aliphatic rings. The molecule has 8 atom stereocenters. The molecule has 104 valence electrons. The number of aliphatic hydroxyl groups excluding tert-OH is 3. The first kappa shape index (κ1) is 12.9. The van der Waals surface area contributed by atoms with Gasteiger partial charge in [0.15, 0.2) is 0 Å². The van der Waals surface area contributed by atoms with Gasteiger partial charge in [-0.1, -0.05) is 27.7 Å². The Kier molecular flexibility index (Phi) is 2.51. The van der Waals surface area contributed by atoms with Crippen LogP contribution in [0.5, 0.6) is 0 Å². The minimum absolute atomic E-state index is 0.154. The molecule has 0 aromatic rings. The molecule has 0 spiro atoms. The summed E-state index contributed by atoms with van der Waals surface area (Å²) in [5, 5.41) is 31.3. The fraction of sp³-hybridized carbons (Fsp3) is 1.00. The summed E-state index contributed by atoms with van der Waals surface area (Å²) in [5.41, 5.74) is -0.404. The molecule has 4 rings (SSSR count). The second-order valence-electron chi connectivity index (χ2n) is 7.81. The first-order chi connectivity index (χ1) is 8.22. The molecule has 0 saturated heterocycles. The van der Waals surface area contributed by atoms with Crippen LogP contribution in [-0.4, -0.2) is 33.6 Å². The van der Waals surface area contributed by atoms with E-state index in [0.717, 1.165) is 6.42 Å². The van der Waals surface area contributed by atoms with E-state index in [1.165, 1.54) is 0 Å². The standard InChI is InChI=1S/C15H26O3/c1-7-5-8(16)12-13-11(7)15(12,4)10(18)6-9(17)14(13,2)3/h7-13,16-18H,5-6H2,1-4H3/t7-,8+,9+,10+,11-,12+,13-,15+/m0/s1. The maximum Gasteiger partial charge on any atom is 0.0625 e. The van der Waals surface area contributed by atoms with Gasteiger partial charge in [0.25, 0.3) is 0 Å². The van der Waals surface area contributed by atoms with Gasteiger partial charge < -0.3 is 15.3 Å². The maximum absolute atomic E-state index is 10.5. The van der Waals surface area contributed by atoms with Gasteiger partial charge in [-0.25, -0.2) is 0 Å². The highest BCUT2D eigenvalue weighted by atomic mass is 16.3. The number of hydrogen-bond donors (Lipinski definition) is 3. The van der Waals surface area contributed by atoms with Crippen LogP contribution < -0.4 is 0 Å². The van der Waals surface area contributed by atoms with Crippen molar-refractivity contribution in [1.29, 1.82) is 0 Å². The SMILES string of the molecule is C[C@H]1C[C@@H](O)[C@@H]2[C@@H]3[C@H]1[C@@]2(C)[C@H](O)C[C@@H](O)C3(C)C. The Bertz CT molecular complexity index is 349. The lowest BCUT2D eigenvalue weighted by molar-refractivity contribution is -0.280. The maximum atomic E-state index is 10.5. The van der Waals surface area contributed by atoms with Crippen LogP contribution in [-0.2, 0) is 0 Å². The molecule has 0 amide bonds. The van der Waals surface area contributed by atoms with Gasteiger partial charge >= 0.3 is 0 Å². The highest BCUT2D eigenvalue weighted by molar-refractivity contribution is 5.21. The van der Waals surface area contributed by atoms with Crippen molar-refractivity contribution in [2.24, 2.45) is 34.5 Å². The first-order valence-electron chi connectivity index (χ1n) is 7.26. The largest absolute Gasteiger partial charge is 0.393 e. The molecule has 18 heavy (non-hydrogen) atoms. The number of fused-ring (bicyclic) bond motifs is 2. The molecule has 0 heterocycles. The Morgan fingerprint density at radius 1 is 0.833 bits per heavy atom. The third kappa shape index (κ3) is 1.21. The van der Waals surface area contributed by atoms with Crippen LogP contribution in [0.25, 0.3) is 0 Å². The van der Waals surface area contributed by atoms with E-state index in [1.807, 2.05) is 0 Å². The summed E-state index contributed by atoms with van der Waals surface area (Å²) >= 11 is 0. The molecule has 3 N–H and O–H groups in total. The van der Waals surface area contributed by atoms with E-state index in [1.54, 1.807) is 0 Å². The van der Waals surface area contributed by atoms with E-state index in [4.69, 9.17) is 0 Å². The summed E-state index contributed by atoms with van der Waals surface area (Å²) < 4.78 is 0. The number of aliphatic hydroxyl groups is 3. The zero-order valence-corrected chi connectivity index (χ0v) is 11.8. The lowest BCUT2D eigenvalue weighted by Gasteiger charge is -2.70. The molecule has 0 aliphatic heterocycles. The van der Waals surface area contributed by atoms with Gasteiger partial charge in [-0.05, 0) is 35.5 Å². The molecule has 0 aromatic carbocycles. The molecule has 3 heteroatoms. The Morgan fingerprint density at radius 3 is 2.00 bits per heavy atom. The van der Waals surface area contributed by atoms with E-state index in [0.29, 0.717) is 24.2 Å². The molecule has 4 aliphatic carbocycles. The van der Waals surface area contributed by atoms with Gasteiger partial charge in [-0.3, -0.25) is 0 Å². The van der Waals surface area contributed by atoms with Gasteiger partial charge in [-0.15, -0.1) is 0 Å². The summed E-state index contributed by atoms with van der Waals surface area (Å²) in [6, 6.07) is 0. The minimum atomic E-state index is -0.488. The van der Waals surface area contributed by atoms with Crippen LogP contribution in [0.3, 0.4) is 0 Å². The quantitative estimate of drug-likeness (QED) is 0.612. The molecule has 0 unspecified atom stereocenters. The summed E-state index contributed by atoms with van der Waals surface area (Å²) in [5.74, 6) is 1.36. The summed E-state index contributed by atoms with van der Waals surface area (Å²) in [6.07, 6.45) is 0.0220. The van der Waals surface area contributed by atoms with Gasteiger partial charge in [0, 0.05) is 11.8 Å². The lowest BCUT2D eigenvalue weighted by atomic mass is 9.35. The lowest BCUT2D eigenvalue weighted by Crippen LogP contribution is -2.71. The van der Waals surface area contributed by atoms with Crippen molar-refractivity contribution < 1.29 is 15.3 Å². The van der Waals surface area contributed by atoms with Crippen molar-refractivity contribution in [2.45, 2.75) is 58.8 Å². The highest BCUT2D eigenvalue weighted by Gasteiger charge is 2.73. The summed E-state index contributed by atoms with van der Waals surface area (Å²) in [4.78, 5) is 0. The predicted octanol–water partition coefficient (Wildman–Crippen LogP) is 1.41. The van der Waals surface area contributed by atoms with E-state index < -0.39 is 12.2 Å². The third-order valence-electron chi connectivity index (χ3n) is 6.73. The van der Waals surface area contributed by atoms with Crippen LogP contribution >= 0.6 is 0 Å². The van der Waals surface area contributed by atoms with Crippen LogP contribution in [0.2, 0.25) is 0 Å². The van der Waals surface area contributed by atoms with Crippen molar-refractivity contribution in [3.8, 4) is 0 Å². The Morgan fingerprint density at radius 2 is 1.44 bits per heavy atom. The number of hydrogen-bond acceptors (Lipinski definition) is 3. The van der Waals surface area contributed by atoms with Crippen LogP contribution in [0, 0.1) is 34.5 Å². The third-order valence-corrected chi connectivity index (χ3v) is 6.73. The average molecular weight is 254 g/mol. The zero-order chi connectivity index (χ0) is 13.5. The Labute approximate surface area is 109 Å². The Hall–Kier alpha value is -0.120. The molecule has 4 bridgehead atoms. The van der Waals surface area contributed by atoms with Crippen molar-refractivity contribution in [2.75, 3.05) is 0 Å². The molecular formula is C15H26O3. The van der Waals surface area contributed by atoms with Crippen LogP contribution in [0.15, 0.2) is 0 Å². The van der Waals surface area contributed by atoms with Crippen molar-refractivity contribution in [1.82, 2.24) is 0 Å². The fourth-order valence-electron chi connectivity index (χ4n) is 5.76. The first-order valence-corrected chi connectivity index (χ1v) is 7.26. The average Bonchev–Trinajstić information content (AvgIpc) is 2.31. The summed E-state index contributed by atoms with van der Waals surface area (Å²) in [6.45, 7) is 8.51. The summed E-state index contributed by atoms with van der Waals surface area (Å²) in [7, 11) is 0. The highest BCUT2D eigenvalue weighted by Crippen LogP contribution is 2.73. The van der Waals surface area contributed by atoms with Crippen molar-refractivity contribution in [3.63, 3.8) is 0 Å². The molecule has 0 aromatic heterocycles. The second kappa shape index (κ2) is 3.50. The van der Waals surface area contributed by atoms with E-state index in [9.17, 15) is 15.3 Å². The van der Waals surface area contributed by atoms with E-state index in [-0.39, 0.29) is 22.9 Å². The van der Waals surface area contributed by atoms with E-state index in [2.05, 4.69) is 27.7 Å². The molecule has 4 saturated carbocycles. The monoisotopic (exact) mass is 254 g/mol. The van der Waals surface area contributed by atoms with E-state index >= 15 is 0 Å².